The van der Waals surface area contributed by atoms with Gasteiger partial charge in [-0.3, -0.25) is 4.98 Å². The lowest BCUT2D eigenvalue weighted by molar-refractivity contribution is 0.641. The molecule has 0 saturated carbocycles. The Morgan fingerprint density at radius 3 is 2.04 bits per heavy atom. The fraction of sp³-hybridized carbons (Fsp3) is 0.120. The maximum atomic E-state index is 4.85. The molecule has 0 aliphatic rings. The lowest BCUT2D eigenvalue weighted by Gasteiger charge is -2.26. The molecule has 2 heterocycles. The molecule has 0 aliphatic carbocycles. The number of aromatic nitrogens is 2. The van der Waals surface area contributed by atoms with E-state index in [1.807, 2.05) is 30.3 Å². The molecule has 132 valence electrons. The Morgan fingerprint density at radius 2 is 1.26 bits per heavy atom. The first kappa shape index (κ1) is 17.2. The van der Waals surface area contributed by atoms with Crippen LogP contribution in [-0.4, -0.2) is 9.97 Å². The number of benzene rings is 2. The molecule has 0 atom stereocenters. The van der Waals surface area contributed by atoms with E-state index >= 15 is 0 Å². The van der Waals surface area contributed by atoms with Crippen molar-refractivity contribution in [3.8, 4) is 22.6 Å². The third-order valence-corrected chi connectivity index (χ3v) is 5.05. The van der Waals surface area contributed by atoms with Crippen LogP contribution in [0.2, 0.25) is 0 Å². The lowest BCUT2D eigenvalue weighted by Crippen LogP contribution is -2.18. The van der Waals surface area contributed by atoms with Crippen molar-refractivity contribution in [3.05, 3.63) is 108 Å². The summed E-state index contributed by atoms with van der Waals surface area (Å²) in [6.07, 6.45) is 1.80. The summed E-state index contributed by atoms with van der Waals surface area (Å²) in [6.45, 7) is 4.53. The molecule has 4 aromatic rings. The molecular weight excluding hydrogens is 328 g/mol. The van der Waals surface area contributed by atoms with Crippen molar-refractivity contribution in [2.75, 3.05) is 0 Å². The molecule has 0 unspecified atom stereocenters. The van der Waals surface area contributed by atoms with E-state index in [9.17, 15) is 0 Å². The first-order valence-corrected chi connectivity index (χ1v) is 9.19. The Bertz CT molecular complexity index is 1040. The third-order valence-electron chi connectivity index (χ3n) is 5.05. The van der Waals surface area contributed by atoms with Crippen LogP contribution in [0.5, 0.6) is 0 Å². The van der Waals surface area contributed by atoms with Crippen molar-refractivity contribution in [2.24, 2.45) is 0 Å². The second kappa shape index (κ2) is 7.16. The maximum absolute atomic E-state index is 4.85. The van der Waals surface area contributed by atoms with Gasteiger partial charge < -0.3 is 0 Å². The van der Waals surface area contributed by atoms with E-state index in [1.165, 1.54) is 11.1 Å². The summed E-state index contributed by atoms with van der Waals surface area (Å²) in [6, 6.07) is 31.3. The van der Waals surface area contributed by atoms with Gasteiger partial charge in [-0.05, 0) is 41.5 Å². The van der Waals surface area contributed by atoms with Gasteiger partial charge in [0.25, 0.3) is 0 Å². The zero-order chi connectivity index (χ0) is 18.7. The third kappa shape index (κ3) is 3.52. The van der Waals surface area contributed by atoms with Crippen molar-refractivity contribution in [2.45, 2.75) is 19.3 Å². The van der Waals surface area contributed by atoms with Crippen molar-refractivity contribution in [3.63, 3.8) is 0 Å². The summed E-state index contributed by atoms with van der Waals surface area (Å²) in [5, 5.41) is 0. The molecule has 0 spiro atoms. The van der Waals surface area contributed by atoms with Crippen molar-refractivity contribution < 1.29 is 0 Å². The van der Waals surface area contributed by atoms with E-state index in [1.54, 1.807) is 6.20 Å². The largest absolute Gasteiger partial charge is 0.255 e. The van der Waals surface area contributed by atoms with Gasteiger partial charge in [-0.1, -0.05) is 74.5 Å². The molecule has 0 fully saturated rings. The summed E-state index contributed by atoms with van der Waals surface area (Å²) in [7, 11) is 0. The topological polar surface area (TPSA) is 25.8 Å². The number of rotatable bonds is 4. The molecule has 2 aromatic carbocycles. The van der Waals surface area contributed by atoms with Crippen LogP contribution in [0.4, 0.5) is 0 Å². The number of nitrogens with zero attached hydrogens (tertiary/aromatic N) is 2. The minimum atomic E-state index is -0.0735. The first-order valence-electron chi connectivity index (χ1n) is 9.19. The lowest BCUT2D eigenvalue weighted by atomic mass is 9.77. The van der Waals surface area contributed by atoms with Gasteiger partial charge in [0, 0.05) is 17.2 Å². The highest BCUT2D eigenvalue weighted by Gasteiger charge is 2.23. The summed E-state index contributed by atoms with van der Waals surface area (Å²) >= 11 is 0. The molecule has 0 amide bonds. The van der Waals surface area contributed by atoms with Crippen LogP contribution in [0.1, 0.15) is 25.0 Å². The van der Waals surface area contributed by atoms with E-state index in [2.05, 4.69) is 79.5 Å². The summed E-state index contributed by atoms with van der Waals surface area (Å²) in [5.41, 5.74) is 6.36. The van der Waals surface area contributed by atoms with Crippen molar-refractivity contribution >= 4 is 0 Å². The Labute approximate surface area is 160 Å². The average molecular weight is 350 g/mol. The Balaban J connectivity index is 1.74. The standard InChI is InChI=1S/C25H22N2/c1-25(2,20-11-4-3-5-12-20)21-13-8-10-19(18-21)22-15-9-16-24(27-22)23-14-6-7-17-26-23/h3-18H,1-2H3. The van der Waals surface area contributed by atoms with Crippen LogP contribution in [0.25, 0.3) is 22.6 Å². The van der Waals surface area contributed by atoms with E-state index in [0.717, 1.165) is 22.6 Å². The molecule has 0 radical (unpaired) electrons. The second-order valence-electron chi connectivity index (χ2n) is 7.19. The average Bonchev–Trinajstić information content (AvgIpc) is 2.75. The van der Waals surface area contributed by atoms with Gasteiger partial charge in [0.2, 0.25) is 0 Å². The number of hydrogen-bond acceptors (Lipinski definition) is 2. The van der Waals surface area contributed by atoms with E-state index < -0.39 is 0 Å². The Morgan fingerprint density at radius 1 is 0.593 bits per heavy atom. The molecular formula is C25H22N2. The van der Waals surface area contributed by atoms with Crippen LogP contribution in [0.15, 0.2) is 97.2 Å². The van der Waals surface area contributed by atoms with Crippen LogP contribution in [-0.2, 0) is 5.41 Å². The molecule has 0 bridgehead atoms. The zero-order valence-electron chi connectivity index (χ0n) is 15.6. The first-order chi connectivity index (χ1) is 13.1. The van der Waals surface area contributed by atoms with Gasteiger partial charge in [-0.25, -0.2) is 4.98 Å². The molecule has 4 rings (SSSR count). The van der Waals surface area contributed by atoms with Crippen LogP contribution >= 0.6 is 0 Å². The van der Waals surface area contributed by atoms with Crippen molar-refractivity contribution in [1.82, 2.24) is 9.97 Å². The quantitative estimate of drug-likeness (QED) is 0.442. The maximum Gasteiger partial charge on any atom is 0.0893 e. The van der Waals surface area contributed by atoms with Gasteiger partial charge in [-0.2, -0.15) is 0 Å². The normalized spacial score (nSPS) is 11.3. The van der Waals surface area contributed by atoms with E-state index in [4.69, 9.17) is 4.98 Å². The number of pyridine rings is 2. The fourth-order valence-corrected chi connectivity index (χ4v) is 3.34. The van der Waals surface area contributed by atoms with Crippen LogP contribution < -0.4 is 0 Å². The number of hydrogen-bond donors (Lipinski definition) is 0. The van der Waals surface area contributed by atoms with E-state index in [-0.39, 0.29) is 5.41 Å². The molecule has 0 saturated heterocycles. The highest BCUT2D eigenvalue weighted by Crippen LogP contribution is 2.33. The minimum absolute atomic E-state index is 0.0735. The van der Waals surface area contributed by atoms with Gasteiger partial charge in [0.15, 0.2) is 0 Å². The van der Waals surface area contributed by atoms with Gasteiger partial charge in [-0.15, -0.1) is 0 Å². The highest BCUT2D eigenvalue weighted by atomic mass is 14.8. The molecule has 2 heteroatoms. The Hall–Kier alpha value is -3.26. The zero-order valence-corrected chi connectivity index (χ0v) is 15.6. The molecule has 2 aromatic heterocycles. The highest BCUT2D eigenvalue weighted by molar-refractivity contribution is 5.65. The van der Waals surface area contributed by atoms with Gasteiger partial charge in [0.1, 0.15) is 0 Å². The fourth-order valence-electron chi connectivity index (χ4n) is 3.34. The van der Waals surface area contributed by atoms with Crippen molar-refractivity contribution in [1.29, 1.82) is 0 Å². The van der Waals surface area contributed by atoms with Crippen LogP contribution in [0, 0.1) is 0 Å². The predicted molar refractivity (Wildman–Crippen MR) is 111 cm³/mol. The van der Waals surface area contributed by atoms with Gasteiger partial charge in [0.05, 0.1) is 17.1 Å². The Kier molecular flexibility index (Phi) is 4.55. The predicted octanol–water partition coefficient (Wildman–Crippen LogP) is 6.14. The van der Waals surface area contributed by atoms with E-state index in [0.29, 0.717) is 0 Å². The summed E-state index contributed by atoms with van der Waals surface area (Å²) in [5.74, 6) is 0. The summed E-state index contributed by atoms with van der Waals surface area (Å²) < 4.78 is 0. The molecule has 27 heavy (non-hydrogen) atoms. The summed E-state index contributed by atoms with van der Waals surface area (Å²) in [4.78, 5) is 9.26. The SMILES string of the molecule is CC(C)(c1ccccc1)c1cccc(-c2cccc(-c3ccccn3)n2)c1. The smallest absolute Gasteiger partial charge is 0.0893 e. The monoisotopic (exact) mass is 350 g/mol. The minimum Gasteiger partial charge on any atom is -0.255 e. The second-order valence-corrected chi connectivity index (χ2v) is 7.19. The molecule has 2 nitrogen and oxygen atoms in total. The van der Waals surface area contributed by atoms with Crippen LogP contribution in [0.3, 0.4) is 0 Å². The van der Waals surface area contributed by atoms with Gasteiger partial charge >= 0.3 is 0 Å². The molecule has 0 aliphatic heterocycles. The molecule has 0 N–H and O–H groups in total.